The Morgan fingerprint density at radius 1 is 0.974 bits per heavy atom. The van der Waals surface area contributed by atoms with E-state index >= 15 is 0 Å². The Kier molecular flexibility index (Phi) is 8.54. The lowest BCUT2D eigenvalue weighted by Gasteiger charge is -2.36. The number of carbonyl (C=O) groups is 2. The van der Waals surface area contributed by atoms with Crippen LogP contribution in [0, 0.1) is 13.8 Å². The standard InChI is InChI=1S/C28H36N4O5S/c1-5-37-27(33)25-24(30(4)28(34)29-26(25)22-11-7-20(2)8-12-22)19-31-15-6-16-32(18-17-31)38(35,36)23-13-9-21(3)10-14-23/h7-14,26H,5-6,15-19H2,1-4H3,(H,29,34). The molecule has 1 N–H and O–H groups in total. The first kappa shape index (κ1) is 27.8. The van der Waals surface area contributed by atoms with Crippen LogP contribution in [0.25, 0.3) is 0 Å². The molecule has 2 aliphatic rings. The zero-order valence-corrected chi connectivity index (χ0v) is 23.3. The van der Waals surface area contributed by atoms with E-state index in [9.17, 15) is 18.0 Å². The van der Waals surface area contributed by atoms with Crippen molar-refractivity contribution in [1.82, 2.24) is 19.4 Å². The number of nitrogens with one attached hydrogen (secondary N) is 1. The Bertz CT molecular complexity index is 1310. The maximum absolute atomic E-state index is 13.3. The minimum Gasteiger partial charge on any atom is -0.463 e. The van der Waals surface area contributed by atoms with Crippen LogP contribution in [0.2, 0.25) is 0 Å². The van der Waals surface area contributed by atoms with Crippen LogP contribution >= 0.6 is 0 Å². The van der Waals surface area contributed by atoms with Gasteiger partial charge < -0.3 is 10.1 Å². The fourth-order valence-corrected chi connectivity index (χ4v) is 6.29. The second-order valence-corrected chi connectivity index (χ2v) is 11.7. The Hall–Kier alpha value is -3.21. The summed E-state index contributed by atoms with van der Waals surface area (Å²) in [7, 11) is -1.97. The Morgan fingerprint density at radius 2 is 1.61 bits per heavy atom. The molecule has 2 heterocycles. The summed E-state index contributed by atoms with van der Waals surface area (Å²) in [6, 6.07) is 13.6. The molecule has 1 fully saturated rings. The van der Waals surface area contributed by atoms with Gasteiger partial charge in [0.15, 0.2) is 0 Å². The van der Waals surface area contributed by atoms with Crippen LogP contribution in [0.15, 0.2) is 64.7 Å². The van der Waals surface area contributed by atoms with Crippen molar-refractivity contribution in [2.75, 3.05) is 46.4 Å². The van der Waals surface area contributed by atoms with Gasteiger partial charge in [0, 0.05) is 38.9 Å². The topological polar surface area (TPSA) is 99.3 Å². The summed E-state index contributed by atoms with van der Waals surface area (Å²) in [5, 5.41) is 2.94. The molecule has 0 spiro atoms. The number of sulfonamides is 1. The molecule has 0 aromatic heterocycles. The van der Waals surface area contributed by atoms with Crippen molar-refractivity contribution in [3.8, 4) is 0 Å². The summed E-state index contributed by atoms with van der Waals surface area (Å²) in [4.78, 5) is 30.0. The van der Waals surface area contributed by atoms with E-state index < -0.39 is 22.0 Å². The molecule has 4 rings (SSSR count). The molecule has 1 unspecified atom stereocenters. The normalized spacial score (nSPS) is 19.7. The van der Waals surface area contributed by atoms with E-state index in [1.54, 1.807) is 38.2 Å². The van der Waals surface area contributed by atoms with Crippen LogP contribution in [-0.4, -0.2) is 80.9 Å². The first-order valence-corrected chi connectivity index (χ1v) is 14.4. The molecule has 2 aliphatic heterocycles. The summed E-state index contributed by atoms with van der Waals surface area (Å²) in [6.07, 6.45) is 0.629. The van der Waals surface area contributed by atoms with Gasteiger partial charge in [-0.25, -0.2) is 18.0 Å². The number of rotatable bonds is 7. The molecular weight excluding hydrogens is 504 g/mol. The van der Waals surface area contributed by atoms with Gasteiger partial charge >= 0.3 is 12.0 Å². The van der Waals surface area contributed by atoms with Crippen molar-refractivity contribution < 1.29 is 22.7 Å². The lowest BCUT2D eigenvalue weighted by atomic mass is 9.93. The van der Waals surface area contributed by atoms with E-state index in [0.29, 0.717) is 50.4 Å². The van der Waals surface area contributed by atoms with Crippen LogP contribution in [0.3, 0.4) is 0 Å². The highest BCUT2D eigenvalue weighted by molar-refractivity contribution is 7.89. The molecule has 1 saturated heterocycles. The lowest BCUT2D eigenvalue weighted by molar-refractivity contribution is -0.139. The highest BCUT2D eigenvalue weighted by atomic mass is 32.2. The molecule has 2 amide bonds. The molecule has 204 valence electrons. The van der Waals surface area contributed by atoms with E-state index in [4.69, 9.17) is 4.74 Å². The van der Waals surface area contributed by atoms with Crippen molar-refractivity contribution >= 4 is 22.0 Å². The van der Waals surface area contributed by atoms with E-state index in [1.165, 1.54) is 9.21 Å². The largest absolute Gasteiger partial charge is 0.463 e. The maximum atomic E-state index is 13.3. The average molecular weight is 541 g/mol. The zero-order valence-electron chi connectivity index (χ0n) is 22.4. The molecule has 9 nitrogen and oxygen atoms in total. The van der Waals surface area contributed by atoms with E-state index in [1.807, 2.05) is 38.1 Å². The number of nitrogens with zero attached hydrogens (tertiary/aromatic N) is 3. The predicted molar refractivity (Wildman–Crippen MR) is 145 cm³/mol. The predicted octanol–water partition coefficient (Wildman–Crippen LogP) is 3.21. The molecule has 1 atom stereocenters. The Labute approximate surface area is 225 Å². The first-order valence-electron chi connectivity index (χ1n) is 12.9. The number of amides is 2. The monoisotopic (exact) mass is 540 g/mol. The first-order chi connectivity index (χ1) is 18.1. The molecule has 0 radical (unpaired) electrons. The van der Waals surface area contributed by atoms with Gasteiger partial charge in [0.2, 0.25) is 10.0 Å². The van der Waals surface area contributed by atoms with Crippen molar-refractivity contribution in [3.63, 3.8) is 0 Å². The van der Waals surface area contributed by atoms with Crippen LogP contribution in [0.4, 0.5) is 4.79 Å². The summed E-state index contributed by atoms with van der Waals surface area (Å²) in [5.74, 6) is -0.474. The van der Waals surface area contributed by atoms with Crippen LogP contribution in [0.1, 0.15) is 36.1 Å². The molecule has 38 heavy (non-hydrogen) atoms. The number of carbonyl (C=O) groups excluding carboxylic acids is 2. The number of hydrogen-bond donors (Lipinski definition) is 1. The van der Waals surface area contributed by atoms with E-state index in [-0.39, 0.29) is 17.5 Å². The van der Waals surface area contributed by atoms with E-state index in [0.717, 1.165) is 16.7 Å². The molecule has 2 aromatic carbocycles. The zero-order chi connectivity index (χ0) is 27.4. The van der Waals surface area contributed by atoms with Crippen molar-refractivity contribution in [2.45, 2.75) is 38.1 Å². The van der Waals surface area contributed by atoms with Gasteiger partial charge in [-0.05, 0) is 51.4 Å². The molecule has 0 bridgehead atoms. The summed E-state index contributed by atoms with van der Waals surface area (Å²) in [6.45, 7) is 8.00. The second-order valence-electron chi connectivity index (χ2n) is 9.78. The Morgan fingerprint density at radius 3 is 2.24 bits per heavy atom. The SMILES string of the molecule is CCOC(=O)C1=C(CN2CCCN(S(=O)(=O)c3ccc(C)cc3)CC2)N(C)C(=O)NC1c1ccc(C)cc1. The number of aryl methyl sites for hydroxylation is 2. The molecular formula is C28H36N4O5S. The molecule has 0 saturated carbocycles. The second kappa shape index (κ2) is 11.7. The van der Waals surface area contributed by atoms with Crippen molar-refractivity contribution in [2.24, 2.45) is 0 Å². The minimum absolute atomic E-state index is 0.212. The fourth-order valence-electron chi connectivity index (χ4n) is 4.82. The number of benzene rings is 2. The highest BCUT2D eigenvalue weighted by Crippen LogP contribution is 2.32. The third-order valence-electron chi connectivity index (χ3n) is 7.06. The van der Waals surface area contributed by atoms with Gasteiger partial charge in [-0.2, -0.15) is 4.31 Å². The van der Waals surface area contributed by atoms with Gasteiger partial charge in [-0.1, -0.05) is 47.5 Å². The molecule has 0 aliphatic carbocycles. The summed E-state index contributed by atoms with van der Waals surface area (Å²) >= 11 is 0. The van der Waals surface area contributed by atoms with Crippen LogP contribution < -0.4 is 5.32 Å². The van der Waals surface area contributed by atoms with Crippen LogP contribution in [-0.2, 0) is 19.6 Å². The van der Waals surface area contributed by atoms with Gasteiger partial charge in [0.25, 0.3) is 0 Å². The maximum Gasteiger partial charge on any atom is 0.338 e. The minimum atomic E-state index is -3.61. The third kappa shape index (κ3) is 5.92. The number of likely N-dealkylation sites (N-methyl/N-ethyl adjacent to an activating group) is 1. The number of hydrogen-bond acceptors (Lipinski definition) is 6. The van der Waals surface area contributed by atoms with Gasteiger partial charge in [0.05, 0.1) is 23.1 Å². The average Bonchev–Trinajstić information content (AvgIpc) is 3.13. The summed E-state index contributed by atoms with van der Waals surface area (Å²) < 4.78 is 33.5. The quantitative estimate of drug-likeness (QED) is 0.542. The van der Waals surface area contributed by atoms with Crippen molar-refractivity contribution in [1.29, 1.82) is 0 Å². The van der Waals surface area contributed by atoms with Gasteiger partial charge in [0.1, 0.15) is 0 Å². The van der Waals surface area contributed by atoms with Gasteiger partial charge in [-0.3, -0.25) is 9.80 Å². The fraction of sp³-hybridized carbons (Fsp3) is 0.429. The smallest absolute Gasteiger partial charge is 0.338 e. The molecule has 10 heteroatoms. The Balaban J connectivity index is 1.61. The van der Waals surface area contributed by atoms with E-state index in [2.05, 4.69) is 10.2 Å². The number of ether oxygens (including phenoxy) is 1. The van der Waals surface area contributed by atoms with Crippen LogP contribution in [0.5, 0.6) is 0 Å². The highest BCUT2D eigenvalue weighted by Gasteiger charge is 2.38. The number of esters is 1. The van der Waals surface area contributed by atoms with Gasteiger partial charge in [-0.15, -0.1) is 0 Å². The lowest BCUT2D eigenvalue weighted by Crippen LogP contribution is -2.49. The third-order valence-corrected chi connectivity index (χ3v) is 8.98. The summed E-state index contributed by atoms with van der Waals surface area (Å²) in [5.41, 5.74) is 3.83. The van der Waals surface area contributed by atoms with Crippen molar-refractivity contribution in [3.05, 3.63) is 76.5 Å². The molecule has 2 aromatic rings. The number of urea groups is 1.